The first kappa shape index (κ1) is 15.3. The predicted octanol–water partition coefficient (Wildman–Crippen LogP) is 4.88. The minimum Gasteiger partial charge on any atom is -0.299 e. The second-order valence-electron chi connectivity index (χ2n) is 7.62. The van der Waals surface area contributed by atoms with Gasteiger partial charge in [0.25, 0.3) is 0 Å². The number of rotatable bonds is 2. The molecule has 110 valence electrons. The van der Waals surface area contributed by atoms with Crippen molar-refractivity contribution >= 4 is 5.78 Å². The van der Waals surface area contributed by atoms with E-state index in [1.807, 2.05) is 0 Å². The maximum Gasteiger partial charge on any atom is 0.136 e. The number of carbonyl (C=O) groups excluding carboxylic acids is 1. The molecule has 1 aliphatic carbocycles. The summed E-state index contributed by atoms with van der Waals surface area (Å²) in [5, 5.41) is 0. The van der Waals surface area contributed by atoms with Gasteiger partial charge in [-0.1, -0.05) is 39.0 Å². The number of carbonyl (C=O) groups is 1. The second-order valence-corrected chi connectivity index (χ2v) is 7.62. The summed E-state index contributed by atoms with van der Waals surface area (Å²) in [4.78, 5) is 12.2. The number of benzene rings is 1. The van der Waals surface area contributed by atoms with Crippen LogP contribution in [0.5, 0.6) is 0 Å². The van der Waals surface area contributed by atoms with E-state index in [1.165, 1.54) is 16.7 Å². The highest BCUT2D eigenvalue weighted by molar-refractivity contribution is 5.82. The minimum absolute atomic E-state index is 0.232. The van der Waals surface area contributed by atoms with E-state index in [4.69, 9.17) is 0 Å². The van der Waals surface area contributed by atoms with Gasteiger partial charge in [-0.05, 0) is 61.1 Å². The summed E-state index contributed by atoms with van der Waals surface area (Å²) in [7, 11) is 0. The van der Waals surface area contributed by atoms with E-state index in [9.17, 15) is 4.79 Å². The maximum absolute atomic E-state index is 12.2. The molecule has 20 heavy (non-hydrogen) atoms. The van der Waals surface area contributed by atoms with Crippen molar-refractivity contribution in [3.63, 3.8) is 0 Å². The maximum atomic E-state index is 12.2. The van der Waals surface area contributed by atoms with Crippen LogP contribution < -0.4 is 0 Å². The summed E-state index contributed by atoms with van der Waals surface area (Å²) in [5.74, 6) is 1.38. The monoisotopic (exact) mass is 272 g/mol. The SMILES string of the molecule is Cc1ccc(CC2CC(C(C)(C)C)CCC2=O)cc1C. The van der Waals surface area contributed by atoms with Gasteiger partial charge in [-0.2, -0.15) is 0 Å². The molecule has 1 fully saturated rings. The lowest BCUT2D eigenvalue weighted by atomic mass is 9.67. The number of hydrogen-bond donors (Lipinski definition) is 0. The van der Waals surface area contributed by atoms with Gasteiger partial charge >= 0.3 is 0 Å². The van der Waals surface area contributed by atoms with Crippen molar-refractivity contribution in [2.75, 3.05) is 0 Å². The minimum atomic E-state index is 0.232. The van der Waals surface area contributed by atoms with Gasteiger partial charge in [0.15, 0.2) is 0 Å². The summed E-state index contributed by atoms with van der Waals surface area (Å²) in [6.45, 7) is 11.2. The Morgan fingerprint density at radius 3 is 2.45 bits per heavy atom. The zero-order chi connectivity index (χ0) is 14.9. The van der Waals surface area contributed by atoms with E-state index < -0.39 is 0 Å². The van der Waals surface area contributed by atoms with Crippen molar-refractivity contribution in [2.24, 2.45) is 17.3 Å². The molecule has 2 rings (SSSR count). The Morgan fingerprint density at radius 2 is 1.85 bits per heavy atom. The molecule has 0 N–H and O–H groups in total. The summed E-state index contributed by atoms with van der Waals surface area (Å²) < 4.78 is 0. The van der Waals surface area contributed by atoms with E-state index in [0.29, 0.717) is 17.1 Å². The predicted molar refractivity (Wildman–Crippen MR) is 84.9 cm³/mol. The molecule has 0 heterocycles. The van der Waals surface area contributed by atoms with Gasteiger partial charge in [-0.15, -0.1) is 0 Å². The number of hydrogen-bond acceptors (Lipinski definition) is 1. The molecule has 2 unspecified atom stereocenters. The molecule has 1 heteroatoms. The average Bonchev–Trinajstić information content (AvgIpc) is 2.35. The lowest BCUT2D eigenvalue weighted by Gasteiger charge is -2.37. The molecule has 1 aromatic rings. The third kappa shape index (κ3) is 3.50. The molecule has 0 aromatic heterocycles. The van der Waals surface area contributed by atoms with Crippen molar-refractivity contribution in [1.82, 2.24) is 0 Å². The fraction of sp³-hybridized carbons (Fsp3) is 0.632. The summed E-state index contributed by atoms with van der Waals surface area (Å²) in [5.41, 5.74) is 4.30. The molecule has 1 aliphatic rings. The largest absolute Gasteiger partial charge is 0.299 e. The van der Waals surface area contributed by atoms with Gasteiger partial charge in [0, 0.05) is 12.3 Å². The van der Waals surface area contributed by atoms with Gasteiger partial charge in [0.2, 0.25) is 0 Å². The Labute approximate surface area is 123 Å². The van der Waals surface area contributed by atoms with Crippen molar-refractivity contribution < 1.29 is 4.79 Å². The summed E-state index contributed by atoms with van der Waals surface area (Å²) in [6.07, 6.45) is 3.84. The van der Waals surface area contributed by atoms with Crippen LogP contribution in [0.2, 0.25) is 0 Å². The Kier molecular flexibility index (Phi) is 4.36. The van der Waals surface area contributed by atoms with Crippen LogP contribution in [0.25, 0.3) is 0 Å². The van der Waals surface area contributed by atoms with Gasteiger partial charge in [0.05, 0.1) is 0 Å². The van der Waals surface area contributed by atoms with Gasteiger partial charge in [-0.25, -0.2) is 0 Å². The lowest BCUT2D eigenvalue weighted by Crippen LogP contribution is -2.33. The topological polar surface area (TPSA) is 17.1 Å². The highest BCUT2D eigenvalue weighted by Crippen LogP contribution is 2.39. The molecule has 0 aliphatic heterocycles. The van der Waals surface area contributed by atoms with Gasteiger partial charge < -0.3 is 0 Å². The molecule has 1 nitrogen and oxygen atoms in total. The second kappa shape index (κ2) is 5.71. The third-order valence-electron chi connectivity index (χ3n) is 5.04. The molecule has 2 atom stereocenters. The van der Waals surface area contributed by atoms with Crippen LogP contribution in [-0.2, 0) is 11.2 Å². The fourth-order valence-electron chi connectivity index (χ4n) is 3.31. The molecular formula is C19H28O. The smallest absolute Gasteiger partial charge is 0.136 e. The highest BCUT2D eigenvalue weighted by Gasteiger charge is 2.34. The molecule has 0 radical (unpaired) electrons. The van der Waals surface area contributed by atoms with Crippen molar-refractivity contribution in [1.29, 1.82) is 0 Å². The van der Waals surface area contributed by atoms with E-state index in [2.05, 4.69) is 52.8 Å². The fourth-order valence-corrected chi connectivity index (χ4v) is 3.31. The summed E-state index contributed by atoms with van der Waals surface area (Å²) in [6, 6.07) is 6.62. The first-order valence-corrected chi connectivity index (χ1v) is 7.86. The zero-order valence-electron chi connectivity index (χ0n) is 13.6. The quantitative estimate of drug-likeness (QED) is 0.750. The van der Waals surface area contributed by atoms with Crippen molar-refractivity contribution in [2.45, 2.75) is 60.3 Å². The number of Topliss-reactive ketones (excluding diaryl/α,β-unsaturated/α-hetero) is 1. The van der Waals surface area contributed by atoms with Crippen molar-refractivity contribution in [3.8, 4) is 0 Å². The summed E-state index contributed by atoms with van der Waals surface area (Å²) >= 11 is 0. The first-order chi connectivity index (χ1) is 9.27. The number of aryl methyl sites for hydroxylation is 2. The highest BCUT2D eigenvalue weighted by atomic mass is 16.1. The first-order valence-electron chi connectivity index (χ1n) is 7.86. The Hall–Kier alpha value is -1.11. The molecule has 0 spiro atoms. The van der Waals surface area contributed by atoms with E-state index in [1.54, 1.807) is 0 Å². The molecule has 0 bridgehead atoms. The third-order valence-corrected chi connectivity index (χ3v) is 5.04. The van der Waals surface area contributed by atoms with Gasteiger partial charge in [-0.3, -0.25) is 4.79 Å². The standard InChI is InChI=1S/C19H28O/c1-13-6-7-15(10-14(13)2)11-16-12-17(19(3,4)5)8-9-18(16)20/h6-7,10,16-17H,8-9,11-12H2,1-5H3. The van der Waals surface area contributed by atoms with Gasteiger partial charge in [0.1, 0.15) is 5.78 Å². The van der Waals surface area contributed by atoms with Crippen LogP contribution in [0.15, 0.2) is 18.2 Å². The molecular weight excluding hydrogens is 244 g/mol. The van der Waals surface area contributed by atoms with Crippen LogP contribution in [0.3, 0.4) is 0 Å². The normalized spacial score (nSPS) is 23.9. The van der Waals surface area contributed by atoms with Crippen LogP contribution >= 0.6 is 0 Å². The molecule has 0 amide bonds. The Balaban J connectivity index is 2.10. The molecule has 1 aromatic carbocycles. The van der Waals surface area contributed by atoms with Crippen LogP contribution in [-0.4, -0.2) is 5.78 Å². The lowest BCUT2D eigenvalue weighted by molar-refractivity contribution is -0.126. The molecule has 1 saturated carbocycles. The Morgan fingerprint density at radius 1 is 1.15 bits per heavy atom. The zero-order valence-corrected chi connectivity index (χ0v) is 13.6. The average molecular weight is 272 g/mol. The van der Waals surface area contributed by atoms with Crippen LogP contribution in [0.4, 0.5) is 0 Å². The Bertz CT molecular complexity index is 493. The van der Waals surface area contributed by atoms with Crippen molar-refractivity contribution in [3.05, 3.63) is 34.9 Å². The number of ketones is 1. The van der Waals surface area contributed by atoms with E-state index in [-0.39, 0.29) is 5.92 Å². The van der Waals surface area contributed by atoms with E-state index >= 15 is 0 Å². The molecule has 0 saturated heterocycles. The van der Waals surface area contributed by atoms with E-state index in [0.717, 1.165) is 25.7 Å². The van der Waals surface area contributed by atoms with Crippen LogP contribution in [0.1, 0.15) is 56.7 Å². The van der Waals surface area contributed by atoms with Crippen LogP contribution in [0, 0.1) is 31.1 Å².